The number of anilines is 3. The standard InChI is InChI=1S/C36H38N8S/c1-25(38-29-13-15-31(16-14-29)42(2)3)43-21-18-30(19-22-43)39-35-37-20-17-32(40-35)34-33(41-36-44(34)23-24-45-36)28-11-9-27(10-12-28)26-7-5-4-6-8-26/h4-7,9-17,20,23-24,26,30,38H,1,8,18-19,21-22H2,2-3H3,(H,37,39,40). The number of piperidine rings is 1. The second-order valence-corrected chi connectivity index (χ2v) is 12.7. The molecule has 5 aromatic rings. The summed E-state index contributed by atoms with van der Waals surface area (Å²) in [6, 6.07) is 19.5. The number of nitrogens with one attached hydrogen (secondary N) is 2. The van der Waals surface area contributed by atoms with E-state index >= 15 is 0 Å². The molecule has 1 atom stereocenters. The van der Waals surface area contributed by atoms with E-state index < -0.39 is 0 Å². The van der Waals surface area contributed by atoms with Gasteiger partial charge in [0.1, 0.15) is 5.69 Å². The van der Waals surface area contributed by atoms with E-state index in [0.717, 1.165) is 71.5 Å². The van der Waals surface area contributed by atoms with Crippen LogP contribution in [0.1, 0.15) is 30.7 Å². The molecule has 3 aromatic heterocycles. The predicted octanol–water partition coefficient (Wildman–Crippen LogP) is 7.65. The summed E-state index contributed by atoms with van der Waals surface area (Å²) in [6.07, 6.45) is 15.6. The molecule has 0 radical (unpaired) electrons. The van der Waals surface area contributed by atoms with Gasteiger partial charge in [-0.25, -0.2) is 15.0 Å². The molecule has 1 fully saturated rings. The van der Waals surface area contributed by atoms with E-state index in [2.05, 4.69) is 121 Å². The van der Waals surface area contributed by atoms with E-state index in [-0.39, 0.29) is 6.04 Å². The van der Waals surface area contributed by atoms with Crippen LogP contribution in [0.15, 0.2) is 109 Å². The number of likely N-dealkylation sites (tertiary alicyclic amines) is 1. The van der Waals surface area contributed by atoms with Crippen LogP contribution in [-0.2, 0) is 0 Å². The highest BCUT2D eigenvalue weighted by Gasteiger charge is 2.23. The second kappa shape index (κ2) is 12.6. The highest BCUT2D eigenvalue weighted by Crippen LogP contribution is 2.35. The van der Waals surface area contributed by atoms with E-state index in [9.17, 15) is 0 Å². The zero-order valence-electron chi connectivity index (χ0n) is 25.7. The average Bonchev–Trinajstić information content (AvgIpc) is 3.68. The van der Waals surface area contributed by atoms with Crippen LogP contribution >= 0.6 is 11.3 Å². The van der Waals surface area contributed by atoms with Crippen LogP contribution in [0.4, 0.5) is 17.3 Å². The van der Waals surface area contributed by atoms with Gasteiger partial charge in [0.05, 0.1) is 17.2 Å². The van der Waals surface area contributed by atoms with Crippen LogP contribution in [0, 0.1) is 0 Å². The minimum atomic E-state index is 0.283. The minimum absolute atomic E-state index is 0.283. The van der Waals surface area contributed by atoms with Crippen LogP contribution in [0.3, 0.4) is 0 Å². The Morgan fingerprint density at radius 3 is 2.51 bits per heavy atom. The molecule has 9 heteroatoms. The van der Waals surface area contributed by atoms with Crippen LogP contribution in [-0.4, -0.2) is 57.5 Å². The van der Waals surface area contributed by atoms with Gasteiger partial charge in [-0.1, -0.05) is 55.1 Å². The summed E-state index contributed by atoms with van der Waals surface area (Å²) < 4.78 is 2.14. The number of imidazole rings is 1. The number of aromatic nitrogens is 4. The molecule has 0 amide bonds. The second-order valence-electron chi connectivity index (χ2n) is 11.8. The zero-order valence-corrected chi connectivity index (χ0v) is 26.5. The van der Waals surface area contributed by atoms with Crippen molar-refractivity contribution in [1.82, 2.24) is 24.3 Å². The van der Waals surface area contributed by atoms with Gasteiger partial charge in [0, 0.05) is 73.9 Å². The lowest BCUT2D eigenvalue weighted by Gasteiger charge is -2.35. The molecule has 8 nitrogen and oxygen atoms in total. The van der Waals surface area contributed by atoms with Crippen molar-refractivity contribution in [2.24, 2.45) is 0 Å². The molecule has 1 aliphatic heterocycles. The van der Waals surface area contributed by atoms with Crippen molar-refractivity contribution in [2.75, 3.05) is 42.7 Å². The lowest BCUT2D eigenvalue weighted by atomic mass is 9.91. The highest BCUT2D eigenvalue weighted by molar-refractivity contribution is 7.15. The summed E-state index contributed by atoms with van der Waals surface area (Å²) in [5, 5.41) is 9.15. The number of thiazole rings is 1. The summed E-state index contributed by atoms with van der Waals surface area (Å²) in [5.74, 6) is 2.00. The SMILES string of the molecule is C=C(Nc1ccc(N(C)C)cc1)N1CCC(Nc2nccc(-c3c(-c4ccc(C5C=CC=CC5)cc4)nc4sccn34)n2)CC1. The Morgan fingerprint density at radius 2 is 1.78 bits per heavy atom. The Labute approximate surface area is 268 Å². The third kappa shape index (κ3) is 6.21. The molecule has 1 unspecified atom stereocenters. The quantitative estimate of drug-likeness (QED) is 0.177. The average molecular weight is 615 g/mol. The molecule has 0 saturated carbocycles. The Hall–Kier alpha value is -4.89. The lowest BCUT2D eigenvalue weighted by molar-refractivity contribution is 0.275. The Kier molecular flexibility index (Phi) is 8.09. The number of allylic oxidation sites excluding steroid dienone is 4. The first-order valence-electron chi connectivity index (χ1n) is 15.5. The Bertz CT molecular complexity index is 1840. The summed E-state index contributed by atoms with van der Waals surface area (Å²) in [6.45, 7) is 6.12. The van der Waals surface area contributed by atoms with Gasteiger partial charge in [0.2, 0.25) is 5.95 Å². The molecule has 0 spiro atoms. The summed E-state index contributed by atoms with van der Waals surface area (Å²) in [7, 11) is 4.09. The number of benzene rings is 2. The van der Waals surface area contributed by atoms with Crippen molar-refractivity contribution in [3.63, 3.8) is 0 Å². The fraction of sp³-hybridized carbons (Fsp3) is 0.250. The number of rotatable bonds is 9. The largest absolute Gasteiger partial charge is 0.378 e. The van der Waals surface area contributed by atoms with Crippen molar-refractivity contribution in [1.29, 1.82) is 0 Å². The van der Waals surface area contributed by atoms with Crippen molar-refractivity contribution in [2.45, 2.75) is 31.2 Å². The number of hydrogen-bond acceptors (Lipinski definition) is 8. The molecule has 2 aromatic carbocycles. The predicted molar refractivity (Wildman–Crippen MR) is 187 cm³/mol. The van der Waals surface area contributed by atoms with Gasteiger partial charge in [0.15, 0.2) is 4.96 Å². The van der Waals surface area contributed by atoms with E-state index in [0.29, 0.717) is 11.9 Å². The van der Waals surface area contributed by atoms with Crippen molar-refractivity contribution in [3.8, 4) is 22.6 Å². The molecule has 0 bridgehead atoms. The molecule has 7 rings (SSSR count). The first-order chi connectivity index (χ1) is 22.0. The van der Waals surface area contributed by atoms with Crippen molar-refractivity contribution >= 4 is 33.6 Å². The molecule has 2 aliphatic rings. The zero-order chi connectivity index (χ0) is 30.8. The maximum atomic E-state index is 5.03. The molecular formula is C36H38N8S. The van der Waals surface area contributed by atoms with Gasteiger partial charge in [-0.3, -0.25) is 4.40 Å². The molecule has 1 aliphatic carbocycles. The Balaban J connectivity index is 1.03. The third-order valence-corrected chi connectivity index (χ3v) is 9.39. The smallest absolute Gasteiger partial charge is 0.223 e. The van der Waals surface area contributed by atoms with Crippen LogP contribution in [0.2, 0.25) is 0 Å². The molecular weight excluding hydrogens is 577 g/mol. The van der Waals surface area contributed by atoms with Crippen LogP contribution < -0.4 is 15.5 Å². The maximum Gasteiger partial charge on any atom is 0.223 e. The van der Waals surface area contributed by atoms with Crippen molar-refractivity contribution < 1.29 is 0 Å². The first-order valence-corrected chi connectivity index (χ1v) is 16.4. The van der Waals surface area contributed by atoms with Gasteiger partial charge in [0.25, 0.3) is 0 Å². The minimum Gasteiger partial charge on any atom is -0.378 e. The summed E-state index contributed by atoms with van der Waals surface area (Å²) in [5.41, 5.74) is 7.40. The maximum absolute atomic E-state index is 5.03. The Morgan fingerprint density at radius 1 is 0.978 bits per heavy atom. The van der Waals surface area contributed by atoms with Gasteiger partial charge in [-0.05, 0) is 55.2 Å². The topological polar surface area (TPSA) is 73.6 Å². The van der Waals surface area contributed by atoms with Gasteiger partial charge in [-0.15, -0.1) is 11.3 Å². The van der Waals surface area contributed by atoms with Gasteiger partial charge >= 0.3 is 0 Å². The van der Waals surface area contributed by atoms with Gasteiger partial charge < -0.3 is 20.4 Å². The van der Waals surface area contributed by atoms with E-state index in [1.807, 2.05) is 26.4 Å². The first kappa shape index (κ1) is 28.9. The van der Waals surface area contributed by atoms with Crippen LogP contribution in [0.25, 0.3) is 27.6 Å². The van der Waals surface area contributed by atoms with E-state index in [4.69, 9.17) is 9.97 Å². The molecule has 4 heterocycles. The van der Waals surface area contributed by atoms with Crippen molar-refractivity contribution in [3.05, 3.63) is 115 Å². The highest BCUT2D eigenvalue weighted by atomic mass is 32.1. The molecule has 1 saturated heterocycles. The fourth-order valence-electron chi connectivity index (χ4n) is 6.07. The lowest BCUT2D eigenvalue weighted by Crippen LogP contribution is -2.40. The number of fused-ring (bicyclic) bond motifs is 1. The van der Waals surface area contributed by atoms with Crippen LogP contribution in [0.5, 0.6) is 0 Å². The summed E-state index contributed by atoms with van der Waals surface area (Å²) >= 11 is 1.63. The third-order valence-electron chi connectivity index (χ3n) is 8.64. The monoisotopic (exact) mass is 614 g/mol. The summed E-state index contributed by atoms with van der Waals surface area (Å²) in [4.78, 5) is 20.0. The fourth-order valence-corrected chi connectivity index (χ4v) is 6.79. The number of hydrogen-bond donors (Lipinski definition) is 2. The van der Waals surface area contributed by atoms with E-state index in [1.165, 1.54) is 11.3 Å². The number of nitrogens with zero attached hydrogens (tertiary/aromatic N) is 6. The van der Waals surface area contributed by atoms with Gasteiger partial charge in [-0.2, -0.15) is 0 Å². The molecule has 45 heavy (non-hydrogen) atoms. The normalized spacial score (nSPS) is 16.7. The molecule has 2 N–H and O–H groups in total. The van der Waals surface area contributed by atoms with E-state index in [1.54, 1.807) is 11.3 Å². The molecule has 228 valence electrons.